The normalized spacial score (nSPS) is 10.4. The van der Waals surface area contributed by atoms with Crippen molar-refractivity contribution < 1.29 is 28.5 Å². The monoisotopic (exact) mass is 572 g/mol. The first-order chi connectivity index (χ1) is 17.1. The summed E-state index contributed by atoms with van der Waals surface area (Å²) in [4.78, 5) is 26.6. The Bertz CT molecular complexity index is 1230. The van der Waals surface area contributed by atoms with Crippen molar-refractivity contribution in [3.63, 3.8) is 0 Å². The molecule has 0 saturated carbocycles. The molecule has 0 atom stereocenters. The van der Waals surface area contributed by atoms with Crippen molar-refractivity contribution >= 4 is 69.6 Å². The quantitative estimate of drug-likeness (QED) is 0.306. The van der Waals surface area contributed by atoms with E-state index in [0.29, 0.717) is 11.5 Å². The summed E-state index contributed by atoms with van der Waals surface area (Å²) >= 11 is 24.6. The van der Waals surface area contributed by atoms with Crippen molar-refractivity contribution in [1.82, 2.24) is 0 Å². The molecule has 0 fully saturated rings. The van der Waals surface area contributed by atoms with Gasteiger partial charge in [-0.05, 0) is 12.1 Å². The topological polar surface area (TPSA) is 95.1 Å². The van der Waals surface area contributed by atoms with Crippen LogP contribution in [0.25, 0.3) is 0 Å². The summed E-state index contributed by atoms with van der Waals surface area (Å²) < 4.78 is 21.0. The number of rotatable bonds is 8. The predicted octanol–water partition coefficient (Wildman–Crippen LogP) is 6.84. The zero-order valence-electron chi connectivity index (χ0n) is 19.4. The maximum absolute atomic E-state index is 13.3. The van der Waals surface area contributed by atoms with Crippen molar-refractivity contribution in [1.29, 1.82) is 0 Å². The van der Waals surface area contributed by atoms with Crippen molar-refractivity contribution in [2.45, 2.75) is 0 Å². The lowest BCUT2D eigenvalue weighted by atomic mass is 10.1. The molecule has 0 heterocycles. The Morgan fingerprint density at radius 3 is 1.17 bits per heavy atom. The van der Waals surface area contributed by atoms with Gasteiger partial charge in [-0.1, -0.05) is 46.4 Å². The molecule has 0 aliphatic heterocycles. The number of amides is 2. The van der Waals surface area contributed by atoms with Gasteiger partial charge in [-0.15, -0.1) is 0 Å². The van der Waals surface area contributed by atoms with E-state index in [1.54, 1.807) is 0 Å². The number of anilines is 2. The number of hydrogen-bond acceptors (Lipinski definition) is 6. The van der Waals surface area contributed by atoms with E-state index in [-0.39, 0.29) is 54.1 Å². The second kappa shape index (κ2) is 11.8. The lowest BCUT2D eigenvalue weighted by Crippen LogP contribution is -2.21. The van der Waals surface area contributed by atoms with E-state index in [9.17, 15) is 9.59 Å². The number of methoxy groups -OCH3 is 4. The average Bonchev–Trinajstić information content (AvgIpc) is 2.86. The number of nitrogens with one attached hydrogen (secondary N) is 2. The zero-order chi connectivity index (χ0) is 26.6. The summed E-state index contributed by atoms with van der Waals surface area (Å²) in [6.45, 7) is 0. The first-order valence-electron chi connectivity index (χ1n) is 10.1. The van der Waals surface area contributed by atoms with Gasteiger partial charge in [0, 0.05) is 24.3 Å². The Morgan fingerprint density at radius 1 is 0.528 bits per heavy atom. The third-order valence-electron chi connectivity index (χ3n) is 4.99. The van der Waals surface area contributed by atoms with E-state index in [4.69, 9.17) is 65.4 Å². The van der Waals surface area contributed by atoms with Crippen LogP contribution in [0.5, 0.6) is 23.0 Å². The molecule has 3 aromatic carbocycles. The van der Waals surface area contributed by atoms with Crippen molar-refractivity contribution in [3.8, 4) is 23.0 Å². The molecule has 2 N–H and O–H groups in total. The molecule has 12 heteroatoms. The van der Waals surface area contributed by atoms with Crippen LogP contribution in [0, 0.1) is 0 Å². The fourth-order valence-corrected chi connectivity index (χ4v) is 4.01. The Hall–Kier alpha value is -3.04. The standard InChI is InChI=1S/C24H20Cl4N2O6/c1-33-19-9-17(21(35-3)7-15(19)27)29-23(31)11-5-13(25)14(26)6-12(11)24(32)30-18-10-20(34-2)16(28)8-22(18)36-4/h5-10H,1-4H3,(H,29,31)(H,30,32). The van der Waals surface area contributed by atoms with Crippen molar-refractivity contribution in [2.24, 2.45) is 0 Å². The van der Waals surface area contributed by atoms with Gasteiger partial charge < -0.3 is 29.6 Å². The van der Waals surface area contributed by atoms with Gasteiger partial charge in [0.05, 0.1) is 71.0 Å². The molecule has 190 valence electrons. The molecule has 0 radical (unpaired) electrons. The molecule has 0 saturated heterocycles. The van der Waals surface area contributed by atoms with Crippen LogP contribution in [0.4, 0.5) is 11.4 Å². The Labute approximate surface area is 227 Å². The summed E-state index contributed by atoms with van der Waals surface area (Å²) in [7, 11) is 5.70. The van der Waals surface area contributed by atoms with Crippen LogP contribution in [-0.2, 0) is 0 Å². The SMILES string of the molecule is COc1cc(NC(=O)c2cc(Cl)c(Cl)cc2C(=O)Nc2cc(OC)c(Cl)cc2OC)c(OC)cc1Cl. The molecule has 0 unspecified atom stereocenters. The minimum absolute atomic E-state index is 0.0576. The summed E-state index contributed by atoms with van der Waals surface area (Å²) in [5.74, 6) is -0.159. The third-order valence-corrected chi connectivity index (χ3v) is 6.31. The fourth-order valence-electron chi connectivity index (χ4n) is 3.22. The van der Waals surface area contributed by atoms with Crippen LogP contribution in [0.15, 0.2) is 36.4 Å². The van der Waals surface area contributed by atoms with Crippen LogP contribution in [0.2, 0.25) is 20.1 Å². The molecule has 0 aliphatic carbocycles. The summed E-state index contributed by atoms with van der Waals surface area (Å²) in [5.41, 5.74) is 0.395. The fraction of sp³-hybridized carbons (Fsp3) is 0.167. The first-order valence-corrected chi connectivity index (χ1v) is 11.6. The molecular weight excluding hydrogens is 554 g/mol. The van der Waals surface area contributed by atoms with Gasteiger partial charge in [0.25, 0.3) is 11.8 Å². The Balaban J connectivity index is 2.02. The predicted molar refractivity (Wildman–Crippen MR) is 141 cm³/mol. The maximum Gasteiger partial charge on any atom is 0.256 e. The van der Waals surface area contributed by atoms with Crippen LogP contribution >= 0.6 is 46.4 Å². The number of hydrogen-bond donors (Lipinski definition) is 2. The highest BCUT2D eigenvalue weighted by atomic mass is 35.5. The number of benzene rings is 3. The first kappa shape index (κ1) is 27.5. The number of carbonyl (C=O) groups excluding carboxylic acids is 2. The molecule has 3 rings (SSSR count). The van der Waals surface area contributed by atoms with Gasteiger partial charge in [0.2, 0.25) is 0 Å². The van der Waals surface area contributed by atoms with E-state index in [1.807, 2.05) is 0 Å². The van der Waals surface area contributed by atoms with Gasteiger partial charge >= 0.3 is 0 Å². The van der Waals surface area contributed by atoms with E-state index in [1.165, 1.54) is 64.8 Å². The Kier molecular flexibility index (Phi) is 9.03. The lowest BCUT2D eigenvalue weighted by Gasteiger charge is -2.16. The van der Waals surface area contributed by atoms with E-state index in [0.717, 1.165) is 0 Å². The highest BCUT2D eigenvalue weighted by molar-refractivity contribution is 6.42. The zero-order valence-corrected chi connectivity index (χ0v) is 22.4. The summed E-state index contributed by atoms with van der Waals surface area (Å²) in [6, 6.07) is 8.51. The largest absolute Gasteiger partial charge is 0.495 e. The smallest absolute Gasteiger partial charge is 0.256 e. The minimum atomic E-state index is -0.665. The van der Waals surface area contributed by atoms with Crippen LogP contribution in [0.1, 0.15) is 20.7 Å². The Morgan fingerprint density at radius 2 is 0.861 bits per heavy atom. The van der Waals surface area contributed by atoms with Crippen LogP contribution in [0.3, 0.4) is 0 Å². The molecule has 0 aromatic heterocycles. The molecule has 0 bridgehead atoms. The highest BCUT2D eigenvalue weighted by Crippen LogP contribution is 2.38. The highest BCUT2D eigenvalue weighted by Gasteiger charge is 2.23. The van der Waals surface area contributed by atoms with E-state index in [2.05, 4.69) is 10.6 Å². The summed E-state index contributed by atoms with van der Waals surface area (Å²) in [6.07, 6.45) is 0. The van der Waals surface area contributed by atoms with Crippen LogP contribution < -0.4 is 29.6 Å². The molecule has 36 heavy (non-hydrogen) atoms. The number of ether oxygens (including phenoxy) is 4. The number of halogens is 4. The van der Waals surface area contributed by atoms with E-state index >= 15 is 0 Å². The average molecular weight is 574 g/mol. The van der Waals surface area contributed by atoms with Crippen LogP contribution in [-0.4, -0.2) is 40.3 Å². The molecule has 2 amide bonds. The second-order valence-corrected chi connectivity index (χ2v) is 8.72. The van der Waals surface area contributed by atoms with Gasteiger partial charge in [0.1, 0.15) is 23.0 Å². The van der Waals surface area contributed by atoms with Crippen molar-refractivity contribution in [2.75, 3.05) is 39.1 Å². The van der Waals surface area contributed by atoms with Crippen molar-refractivity contribution in [3.05, 3.63) is 67.6 Å². The number of carbonyl (C=O) groups is 2. The maximum atomic E-state index is 13.3. The molecule has 0 aliphatic rings. The van der Waals surface area contributed by atoms with Gasteiger partial charge in [-0.3, -0.25) is 9.59 Å². The molecule has 0 spiro atoms. The van der Waals surface area contributed by atoms with Gasteiger partial charge in [0.15, 0.2) is 0 Å². The second-order valence-electron chi connectivity index (χ2n) is 7.09. The van der Waals surface area contributed by atoms with Gasteiger partial charge in [-0.25, -0.2) is 0 Å². The van der Waals surface area contributed by atoms with E-state index < -0.39 is 11.8 Å². The molecule has 3 aromatic rings. The summed E-state index contributed by atoms with van der Waals surface area (Å²) in [5, 5.41) is 6.10. The minimum Gasteiger partial charge on any atom is -0.495 e. The lowest BCUT2D eigenvalue weighted by molar-refractivity contribution is 0.0990. The molecular formula is C24H20Cl4N2O6. The van der Waals surface area contributed by atoms with Gasteiger partial charge in [-0.2, -0.15) is 0 Å². The third kappa shape index (κ3) is 5.84. The molecule has 8 nitrogen and oxygen atoms in total.